The number of unbranched alkanes of at least 4 members (excludes halogenated alkanes) is 2. The number of thioether (sulfide) groups is 1. The van der Waals surface area contributed by atoms with Gasteiger partial charge in [-0.3, -0.25) is 13.8 Å². The van der Waals surface area contributed by atoms with Crippen molar-refractivity contribution in [2.45, 2.75) is 43.6 Å². The van der Waals surface area contributed by atoms with E-state index in [1.54, 1.807) is 10.8 Å². The fourth-order valence-corrected chi connectivity index (χ4v) is 4.58. The number of nitrogens with zero attached hydrogens (tertiary/aromatic N) is 5. The number of hydrogen-bond donors (Lipinski definition) is 0. The lowest BCUT2D eigenvalue weighted by atomic mass is 10.2. The van der Waals surface area contributed by atoms with Gasteiger partial charge in [0.15, 0.2) is 10.9 Å². The molecule has 0 saturated carbocycles. The zero-order chi connectivity index (χ0) is 21.9. The summed E-state index contributed by atoms with van der Waals surface area (Å²) in [5, 5.41) is 10.2. The number of oxazole rings is 1. The molecule has 0 aliphatic rings. The van der Waals surface area contributed by atoms with Crippen LogP contribution in [-0.4, -0.2) is 24.1 Å². The van der Waals surface area contributed by atoms with Crippen molar-refractivity contribution in [1.29, 1.82) is 0 Å². The van der Waals surface area contributed by atoms with Crippen molar-refractivity contribution >= 4 is 28.4 Å². The summed E-state index contributed by atoms with van der Waals surface area (Å²) in [7, 11) is 0. The largest absolute Gasteiger partial charge is 0.440 e. The molecule has 0 radical (unpaired) electrons. The molecule has 0 aliphatic heterocycles. The first kappa shape index (κ1) is 20.5. The van der Waals surface area contributed by atoms with Gasteiger partial charge in [0.05, 0.1) is 22.9 Å². The SMILES string of the molecule is CCCCCn1c(=O)c2ccccc2n2c(SCc3ncc(-c4ccccc4)o3)nnc12. The highest BCUT2D eigenvalue weighted by atomic mass is 32.2. The van der Waals surface area contributed by atoms with E-state index in [2.05, 4.69) is 22.1 Å². The van der Waals surface area contributed by atoms with Crippen LogP contribution >= 0.6 is 11.8 Å². The Morgan fingerprint density at radius 3 is 2.66 bits per heavy atom. The van der Waals surface area contributed by atoms with Gasteiger partial charge in [-0.1, -0.05) is 74.0 Å². The van der Waals surface area contributed by atoms with Crippen LogP contribution in [0.4, 0.5) is 0 Å². The van der Waals surface area contributed by atoms with Gasteiger partial charge in [0.2, 0.25) is 11.7 Å². The highest BCUT2D eigenvalue weighted by Gasteiger charge is 2.17. The van der Waals surface area contributed by atoms with Gasteiger partial charge >= 0.3 is 0 Å². The highest BCUT2D eigenvalue weighted by Crippen LogP contribution is 2.27. The van der Waals surface area contributed by atoms with E-state index in [0.29, 0.717) is 34.5 Å². The lowest BCUT2D eigenvalue weighted by molar-refractivity contribution is 0.530. The molecule has 0 spiro atoms. The Morgan fingerprint density at radius 2 is 1.81 bits per heavy atom. The lowest BCUT2D eigenvalue weighted by Gasteiger charge is -2.10. The Kier molecular flexibility index (Phi) is 5.77. The van der Waals surface area contributed by atoms with E-state index in [1.807, 2.05) is 59.0 Å². The first-order chi connectivity index (χ1) is 15.8. The van der Waals surface area contributed by atoms with Crippen molar-refractivity contribution in [2.24, 2.45) is 0 Å². The quantitative estimate of drug-likeness (QED) is 0.242. The second-order valence-corrected chi connectivity index (χ2v) is 8.51. The summed E-state index contributed by atoms with van der Waals surface area (Å²) in [4.78, 5) is 17.5. The molecule has 2 aromatic carbocycles. The third-order valence-corrected chi connectivity index (χ3v) is 6.31. The smallest absolute Gasteiger partial charge is 0.262 e. The van der Waals surface area contributed by atoms with Gasteiger partial charge in [0.1, 0.15) is 0 Å². The molecule has 162 valence electrons. The average molecular weight is 446 g/mol. The topological polar surface area (TPSA) is 78.2 Å². The number of hydrogen-bond acceptors (Lipinski definition) is 6. The first-order valence-corrected chi connectivity index (χ1v) is 11.7. The van der Waals surface area contributed by atoms with Crippen LogP contribution in [0.3, 0.4) is 0 Å². The van der Waals surface area contributed by atoms with Crippen molar-refractivity contribution < 1.29 is 4.42 Å². The highest BCUT2D eigenvalue weighted by molar-refractivity contribution is 7.98. The maximum atomic E-state index is 13.1. The summed E-state index contributed by atoms with van der Waals surface area (Å²) in [6.07, 6.45) is 4.83. The minimum absolute atomic E-state index is 0.0200. The third kappa shape index (κ3) is 3.82. The van der Waals surface area contributed by atoms with Crippen LogP contribution in [0.1, 0.15) is 32.1 Å². The number of fused-ring (bicyclic) bond motifs is 3. The lowest BCUT2D eigenvalue weighted by Crippen LogP contribution is -2.23. The van der Waals surface area contributed by atoms with Crippen LogP contribution in [0.15, 0.2) is 75.2 Å². The molecule has 5 aromatic rings. The van der Waals surface area contributed by atoms with Gasteiger partial charge in [0.25, 0.3) is 5.56 Å². The first-order valence-electron chi connectivity index (χ1n) is 10.8. The van der Waals surface area contributed by atoms with Crippen molar-refractivity contribution in [3.05, 3.63) is 77.0 Å². The second-order valence-electron chi connectivity index (χ2n) is 7.57. The molecule has 3 aromatic heterocycles. The van der Waals surface area contributed by atoms with Crippen molar-refractivity contribution in [2.75, 3.05) is 0 Å². The summed E-state index contributed by atoms with van der Waals surface area (Å²) >= 11 is 1.49. The van der Waals surface area contributed by atoms with E-state index in [1.165, 1.54) is 11.8 Å². The molecule has 0 aliphatic carbocycles. The van der Waals surface area contributed by atoms with E-state index >= 15 is 0 Å². The number of para-hydroxylation sites is 1. The zero-order valence-electron chi connectivity index (χ0n) is 17.8. The van der Waals surface area contributed by atoms with Gasteiger partial charge in [-0.15, -0.1) is 10.2 Å². The molecule has 32 heavy (non-hydrogen) atoms. The molecular weight excluding hydrogens is 422 g/mol. The third-order valence-electron chi connectivity index (χ3n) is 5.40. The Bertz CT molecular complexity index is 1420. The van der Waals surface area contributed by atoms with E-state index in [4.69, 9.17) is 4.42 Å². The molecule has 0 fully saturated rings. The molecule has 8 heteroatoms. The molecule has 0 saturated heterocycles. The van der Waals surface area contributed by atoms with Crippen molar-refractivity contribution in [3.63, 3.8) is 0 Å². The Hall–Kier alpha value is -3.39. The summed E-state index contributed by atoms with van der Waals surface area (Å²) < 4.78 is 9.64. The zero-order valence-corrected chi connectivity index (χ0v) is 18.6. The van der Waals surface area contributed by atoms with Crippen LogP contribution in [-0.2, 0) is 12.3 Å². The standard InChI is InChI=1S/C24H23N5O2S/c1-2-3-9-14-28-22(30)18-12-7-8-13-19(18)29-23(28)26-27-24(29)32-16-21-25-15-20(31-21)17-10-5-4-6-11-17/h4-8,10-13,15H,2-3,9,14,16H2,1H3. The fourth-order valence-electron chi connectivity index (χ4n) is 3.79. The Labute approximate surface area is 189 Å². The van der Waals surface area contributed by atoms with Crippen molar-refractivity contribution in [3.8, 4) is 11.3 Å². The van der Waals surface area contributed by atoms with Gasteiger partial charge in [-0.2, -0.15) is 0 Å². The summed E-state index contributed by atoms with van der Waals surface area (Å²) in [6.45, 7) is 2.78. The normalized spacial score (nSPS) is 11.5. The van der Waals surface area contributed by atoms with E-state index in [0.717, 1.165) is 36.1 Å². The molecule has 0 N–H and O–H groups in total. The second kappa shape index (κ2) is 9.00. The molecule has 5 rings (SSSR count). The minimum Gasteiger partial charge on any atom is -0.440 e. The molecule has 0 atom stereocenters. The van der Waals surface area contributed by atoms with Gasteiger partial charge < -0.3 is 4.42 Å². The van der Waals surface area contributed by atoms with Gasteiger partial charge in [-0.25, -0.2) is 4.98 Å². The maximum absolute atomic E-state index is 13.1. The van der Waals surface area contributed by atoms with Crippen LogP contribution in [0.5, 0.6) is 0 Å². The van der Waals surface area contributed by atoms with Gasteiger partial charge in [-0.05, 0) is 18.6 Å². The summed E-state index contributed by atoms with van der Waals surface area (Å²) in [6, 6.07) is 17.5. The summed E-state index contributed by atoms with van der Waals surface area (Å²) in [5.41, 5.74) is 1.78. The average Bonchev–Trinajstić information content (AvgIpc) is 3.48. The molecule has 3 heterocycles. The monoisotopic (exact) mass is 445 g/mol. The van der Waals surface area contributed by atoms with Crippen molar-refractivity contribution in [1.82, 2.24) is 24.1 Å². The van der Waals surface area contributed by atoms with E-state index < -0.39 is 0 Å². The number of aryl methyl sites for hydroxylation is 1. The Morgan fingerprint density at radius 1 is 1.00 bits per heavy atom. The van der Waals surface area contributed by atoms with Crippen LogP contribution in [0.25, 0.3) is 28.0 Å². The minimum atomic E-state index is -0.0200. The molecule has 0 bridgehead atoms. The Balaban J connectivity index is 1.49. The van der Waals surface area contributed by atoms with Crippen LogP contribution in [0.2, 0.25) is 0 Å². The number of rotatable bonds is 8. The van der Waals surface area contributed by atoms with Crippen LogP contribution in [0, 0.1) is 0 Å². The fraction of sp³-hybridized carbons (Fsp3) is 0.250. The van der Waals surface area contributed by atoms with E-state index in [-0.39, 0.29) is 5.56 Å². The van der Waals surface area contributed by atoms with E-state index in [9.17, 15) is 4.79 Å². The summed E-state index contributed by atoms with van der Waals surface area (Å²) in [5.74, 6) is 2.44. The number of benzene rings is 2. The molecule has 7 nitrogen and oxygen atoms in total. The molecule has 0 amide bonds. The number of aromatic nitrogens is 5. The van der Waals surface area contributed by atoms with Gasteiger partial charge in [0, 0.05) is 12.1 Å². The molecule has 0 unspecified atom stereocenters. The predicted octanol–water partition coefficient (Wildman–Crippen LogP) is 5.18. The predicted molar refractivity (Wildman–Crippen MR) is 126 cm³/mol. The van der Waals surface area contributed by atoms with Crippen LogP contribution < -0.4 is 5.56 Å². The molecular formula is C24H23N5O2S. The maximum Gasteiger partial charge on any atom is 0.262 e.